The van der Waals surface area contributed by atoms with E-state index in [9.17, 15) is 0 Å². The number of hydrogen-bond acceptors (Lipinski definition) is 3. The van der Waals surface area contributed by atoms with Gasteiger partial charge in [-0.15, -0.1) is 0 Å². The summed E-state index contributed by atoms with van der Waals surface area (Å²) in [6, 6.07) is 0. The third kappa shape index (κ3) is 3.73. The largest absolute Gasteiger partial charge is 0.376 e. The van der Waals surface area contributed by atoms with Crippen LogP contribution in [0.15, 0.2) is 6.20 Å². The predicted molar refractivity (Wildman–Crippen MR) is 73.6 cm³/mol. The Kier molecular flexibility index (Phi) is 6.05. The summed E-state index contributed by atoms with van der Waals surface area (Å²) in [7, 11) is 1.93. The number of nitrogens with zero attached hydrogens (tertiary/aromatic N) is 2. The number of anilines is 1. The van der Waals surface area contributed by atoms with Gasteiger partial charge in [0, 0.05) is 20.6 Å². The van der Waals surface area contributed by atoms with E-state index in [0.29, 0.717) is 6.10 Å². The summed E-state index contributed by atoms with van der Waals surface area (Å²) >= 11 is 0. The van der Waals surface area contributed by atoms with Crippen LogP contribution in [0.2, 0.25) is 0 Å². The number of ether oxygens (including phenoxy) is 1. The molecule has 0 amide bonds. The van der Waals surface area contributed by atoms with E-state index in [-0.39, 0.29) is 1.43 Å². The van der Waals surface area contributed by atoms with Crippen molar-refractivity contribution in [2.75, 3.05) is 19.0 Å². The average molecular weight is 241 g/mol. The minimum absolute atomic E-state index is 0. The van der Waals surface area contributed by atoms with E-state index in [1.54, 1.807) is 0 Å². The van der Waals surface area contributed by atoms with Crippen LogP contribution in [0, 0.1) is 6.92 Å². The molecule has 1 atom stereocenters. The average Bonchev–Trinajstić information content (AvgIpc) is 2.73. The lowest BCUT2D eigenvalue weighted by Gasteiger charge is -2.23. The fourth-order valence-corrected chi connectivity index (χ4v) is 2.09. The third-order valence-electron chi connectivity index (χ3n) is 2.91. The molecule has 1 aromatic heterocycles. The van der Waals surface area contributed by atoms with Crippen molar-refractivity contribution in [3.8, 4) is 0 Å². The number of aryl methyl sites for hydroxylation is 1. The fourth-order valence-electron chi connectivity index (χ4n) is 2.09. The molecule has 100 valence electrons. The van der Waals surface area contributed by atoms with E-state index < -0.39 is 0 Å². The maximum atomic E-state index is 5.70. The van der Waals surface area contributed by atoms with E-state index in [0.717, 1.165) is 25.4 Å². The number of aromatic nitrogens is 2. The van der Waals surface area contributed by atoms with Crippen LogP contribution >= 0.6 is 0 Å². The smallest absolute Gasteiger partial charge is 0.127 e. The Morgan fingerprint density at radius 1 is 1.53 bits per heavy atom. The Labute approximate surface area is 106 Å². The highest BCUT2D eigenvalue weighted by molar-refractivity contribution is 5.42. The van der Waals surface area contributed by atoms with Crippen LogP contribution < -0.4 is 5.32 Å². The number of nitrogens with one attached hydrogen (secondary N) is 1. The van der Waals surface area contributed by atoms with Crippen LogP contribution in [0.25, 0.3) is 0 Å². The van der Waals surface area contributed by atoms with Gasteiger partial charge < -0.3 is 10.1 Å². The van der Waals surface area contributed by atoms with Crippen LogP contribution in [-0.4, -0.2) is 29.5 Å². The second-order valence-electron chi connectivity index (χ2n) is 4.10. The highest BCUT2D eigenvalue weighted by atomic mass is 16.5. The Morgan fingerprint density at radius 3 is 2.88 bits per heavy atom. The van der Waals surface area contributed by atoms with Crippen molar-refractivity contribution in [3.63, 3.8) is 0 Å². The summed E-state index contributed by atoms with van der Waals surface area (Å²) in [6.45, 7) is 7.83. The van der Waals surface area contributed by atoms with Crippen molar-refractivity contribution >= 4 is 5.82 Å². The van der Waals surface area contributed by atoms with Crippen molar-refractivity contribution in [2.45, 2.75) is 52.7 Å². The summed E-state index contributed by atoms with van der Waals surface area (Å²) in [4.78, 5) is 0. The second kappa shape index (κ2) is 7.33. The van der Waals surface area contributed by atoms with Gasteiger partial charge in [0.1, 0.15) is 5.82 Å². The van der Waals surface area contributed by atoms with Gasteiger partial charge in [0.05, 0.1) is 18.8 Å². The quantitative estimate of drug-likeness (QED) is 0.884. The fraction of sp³-hybridized carbons (Fsp3) is 0.769. The van der Waals surface area contributed by atoms with Gasteiger partial charge in [0.2, 0.25) is 0 Å². The molecule has 0 spiro atoms. The zero-order valence-corrected chi connectivity index (χ0v) is 11.5. The highest BCUT2D eigenvalue weighted by Gasteiger charge is 2.16. The van der Waals surface area contributed by atoms with Gasteiger partial charge in [0.15, 0.2) is 0 Å². The monoisotopic (exact) mass is 241 g/mol. The van der Waals surface area contributed by atoms with Gasteiger partial charge in [-0.25, -0.2) is 4.68 Å². The minimum atomic E-state index is 0. The number of rotatable bonds is 3. The van der Waals surface area contributed by atoms with E-state index in [1.165, 1.54) is 18.4 Å². The summed E-state index contributed by atoms with van der Waals surface area (Å²) < 4.78 is 7.71. The molecule has 1 aliphatic rings. The molecule has 1 aromatic rings. The zero-order chi connectivity index (χ0) is 12.7. The lowest BCUT2D eigenvalue weighted by atomic mass is 10.1. The first kappa shape index (κ1) is 14.0. The molecular formula is C13H27N3O. The third-order valence-corrected chi connectivity index (χ3v) is 2.91. The Morgan fingerprint density at radius 2 is 2.29 bits per heavy atom. The summed E-state index contributed by atoms with van der Waals surface area (Å²) in [5, 5.41) is 7.53. The van der Waals surface area contributed by atoms with Crippen molar-refractivity contribution in [1.82, 2.24) is 9.78 Å². The van der Waals surface area contributed by atoms with Gasteiger partial charge in [-0.05, 0) is 26.2 Å². The van der Waals surface area contributed by atoms with Crippen LogP contribution in [-0.2, 0) is 11.3 Å². The van der Waals surface area contributed by atoms with E-state index in [2.05, 4.69) is 17.3 Å². The molecule has 4 heteroatoms. The van der Waals surface area contributed by atoms with Gasteiger partial charge >= 0.3 is 0 Å². The maximum absolute atomic E-state index is 5.70. The molecule has 1 aliphatic heterocycles. The van der Waals surface area contributed by atoms with Gasteiger partial charge in [-0.1, -0.05) is 13.8 Å². The molecule has 4 nitrogen and oxygen atoms in total. The molecule has 1 unspecified atom stereocenters. The topological polar surface area (TPSA) is 39.1 Å². The first-order valence-electron chi connectivity index (χ1n) is 6.63. The molecule has 0 aromatic carbocycles. The van der Waals surface area contributed by atoms with Crippen molar-refractivity contribution < 1.29 is 6.16 Å². The van der Waals surface area contributed by atoms with Crippen molar-refractivity contribution in [1.29, 1.82) is 0 Å². The maximum Gasteiger partial charge on any atom is 0.127 e. The van der Waals surface area contributed by atoms with Crippen LogP contribution in [0.1, 0.15) is 40.1 Å². The number of hydrogen-bond donors (Lipinski definition) is 1. The summed E-state index contributed by atoms with van der Waals surface area (Å²) in [5.41, 5.74) is 1.19. The van der Waals surface area contributed by atoms with Gasteiger partial charge in [0.25, 0.3) is 0 Å². The molecule has 17 heavy (non-hydrogen) atoms. The summed E-state index contributed by atoms with van der Waals surface area (Å²) in [6.07, 6.45) is 5.87. The molecule has 2 heterocycles. The lowest BCUT2D eigenvalue weighted by Crippen LogP contribution is -2.25. The molecule has 0 radical (unpaired) electrons. The standard InChI is InChI=1S/C11H19N3O.C2H6.H2/c1-9-7-13-14(11(9)12-2)8-10-5-3-4-6-15-10;1-2;/h7,10,12H,3-6,8H2,1-2H3;1-2H3;1H. The Balaban J connectivity index is 0.000000917. The zero-order valence-electron chi connectivity index (χ0n) is 11.5. The van der Waals surface area contributed by atoms with E-state index in [4.69, 9.17) is 4.74 Å². The van der Waals surface area contributed by atoms with Crippen molar-refractivity contribution in [3.05, 3.63) is 11.8 Å². The highest BCUT2D eigenvalue weighted by Crippen LogP contribution is 2.18. The van der Waals surface area contributed by atoms with E-state index in [1.807, 2.05) is 31.8 Å². The van der Waals surface area contributed by atoms with Crippen molar-refractivity contribution in [2.24, 2.45) is 0 Å². The Bertz CT molecular complexity index is 322. The van der Waals surface area contributed by atoms with Gasteiger partial charge in [-0.2, -0.15) is 5.10 Å². The van der Waals surface area contributed by atoms with Crippen LogP contribution in [0.3, 0.4) is 0 Å². The Hall–Kier alpha value is -1.03. The SMILES string of the molecule is CC.CNc1c(C)cnn1CC1CCCCO1.[HH]. The van der Waals surface area contributed by atoms with Gasteiger partial charge in [-0.3, -0.25) is 0 Å². The van der Waals surface area contributed by atoms with E-state index >= 15 is 0 Å². The molecule has 0 bridgehead atoms. The molecule has 0 saturated carbocycles. The minimum Gasteiger partial charge on any atom is -0.376 e. The molecule has 2 rings (SSSR count). The molecule has 0 aliphatic carbocycles. The van der Waals surface area contributed by atoms with Crippen LogP contribution in [0.5, 0.6) is 0 Å². The molecule has 1 N–H and O–H groups in total. The first-order valence-corrected chi connectivity index (χ1v) is 6.63. The summed E-state index contributed by atoms with van der Waals surface area (Å²) in [5.74, 6) is 1.10. The second-order valence-corrected chi connectivity index (χ2v) is 4.10. The van der Waals surface area contributed by atoms with Crippen LogP contribution in [0.4, 0.5) is 5.82 Å². The molecule has 1 fully saturated rings. The normalized spacial score (nSPS) is 19.4. The molecular weight excluding hydrogens is 214 g/mol. The lowest BCUT2D eigenvalue weighted by molar-refractivity contribution is 0.00435. The first-order chi connectivity index (χ1) is 8.31. The molecule has 1 saturated heterocycles. The predicted octanol–water partition coefficient (Wildman–Crippen LogP) is 3.07.